The molecule has 0 unspecified atom stereocenters. The maximum absolute atomic E-state index is 12.5. The van der Waals surface area contributed by atoms with E-state index in [9.17, 15) is 9.59 Å². The van der Waals surface area contributed by atoms with Gasteiger partial charge >= 0.3 is 0 Å². The fraction of sp³-hybridized carbons (Fsp3) is 0.250. The molecule has 1 heterocycles. The summed E-state index contributed by atoms with van der Waals surface area (Å²) in [6, 6.07) is 11.2. The molecule has 0 saturated carbocycles. The molecule has 0 N–H and O–H groups in total. The van der Waals surface area contributed by atoms with Crippen LogP contribution in [0.3, 0.4) is 0 Å². The highest BCUT2D eigenvalue weighted by Crippen LogP contribution is 2.29. The first-order chi connectivity index (χ1) is 9.74. The molecule has 20 heavy (non-hydrogen) atoms. The number of benzene rings is 2. The van der Waals surface area contributed by atoms with Crippen molar-refractivity contribution < 1.29 is 9.59 Å². The molecule has 3 rings (SSSR count). The highest BCUT2D eigenvalue weighted by atomic mass is 32.2. The molecule has 2 amide bonds. The second-order valence-corrected chi connectivity index (χ2v) is 6.06. The van der Waals surface area contributed by atoms with E-state index in [0.29, 0.717) is 17.7 Å². The van der Waals surface area contributed by atoms with E-state index < -0.39 is 0 Å². The fourth-order valence-corrected chi connectivity index (χ4v) is 3.18. The third-order valence-corrected chi connectivity index (χ3v) is 4.40. The molecule has 0 spiro atoms. The third kappa shape index (κ3) is 2.00. The van der Waals surface area contributed by atoms with Crippen LogP contribution in [0.2, 0.25) is 0 Å². The number of amides is 2. The minimum Gasteiger partial charge on any atom is -0.274 e. The summed E-state index contributed by atoms with van der Waals surface area (Å²) in [6.45, 7) is 2.54. The SMILES string of the molecule is CCSCCN1C(=O)c2cccc3cccc(c23)C1=O. The molecule has 4 heteroatoms. The van der Waals surface area contributed by atoms with Crippen LogP contribution in [-0.2, 0) is 0 Å². The molecule has 0 bridgehead atoms. The highest BCUT2D eigenvalue weighted by molar-refractivity contribution is 7.99. The Morgan fingerprint density at radius 3 is 2.15 bits per heavy atom. The Bertz CT molecular complexity index is 645. The van der Waals surface area contributed by atoms with Gasteiger partial charge in [-0.2, -0.15) is 11.8 Å². The van der Waals surface area contributed by atoms with Crippen LogP contribution in [-0.4, -0.2) is 34.8 Å². The summed E-state index contributed by atoms with van der Waals surface area (Å²) < 4.78 is 0. The van der Waals surface area contributed by atoms with Gasteiger partial charge in [0.1, 0.15) is 0 Å². The Labute approximate surface area is 122 Å². The predicted molar refractivity (Wildman–Crippen MR) is 82.3 cm³/mol. The van der Waals surface area contributed by atoms with E-state index in [2.05, 4.69) is 6.92 Å². The maximum Gasteiger partial charge on any atom is 0.261 e. The number of imide groups is 1. The number of rotatable bonds is 4. The van der Waals surface area contributed by atoms with E-state index in [1.165, 1.54) is 4.90 Å². The van der Waals surface area contributed by atoms with E-state index in [1.807, 2.05) is 24.3 Å². The minimum absolute atomic E-state index is 0.170. The number of hydrogen-bond acceptors (Lipinski definition) is 3. The van der Waals surface area contributed by atoms with Crippen LogP contribution in [0.1, 0.15) is 27.6 Å². The van der Waals surface area contributed by atoms with Gasteiger partial charge in [0.05, 0.1) is 0 Å². The number of carbonyl (C=O) groups is 2. The first-order valence-electron chi connectivity index (χ1n) is 6.69. The molecular formula is C16H15NO2S. The molecule has 0 aromatic heterocycles. The number of thioether (sulfide) groups is 1. The molecule has 0 saturated heterocycles. The van der Waals surface area contributed by atoms with E-state index in [1.54, 1.807) is 23.9 Å². The van der Waals surface area contributed by atoms with Crippen molar-refractivity contribution in [3.8, 4) is 0 Å². The Morgan fingerprint density at radius 1 is 1.00 bits per heavy atom. The summed E-state index contributed by atoms with van der Waals surface area (Å²) in [5.41, 5.74) is 1.28. The average Bonchev–Trinajstić information content (AvgIpc) is 2.48. The van der Waals surface area contributed by atoms with Crippen molar-refractivity contribution in [2.45, 2.75) is 6.92 Å². The van der Waals surface area contributed by atoms with Crippen LogP contribution < -0.4 is 0 Å². The molecule has 0 fully saturated rings. The van der Waals surface area contributed by atoms with Crippen molar-refractivity contribution in [1.82, 2.24) is 4.90 Å². The van der Waals surface area contributed by atoms with Crippen molar-refractivity contribution >= 4 is 34.3 Å². The Balaban J connectivity index is 2.07. The zero-order valence-corrected chi connectivity index (χ0v) is 12.1. The quantitative estimate of drug-likeness (QED) is 0.639. The zero-order valence-electron chi connectivity index (χ0n) is 11.3. The lowest BCUT2D eigenvalue weighted by molar-refractivity contribution is 0.0621. The topological polar surface area (TPSA) is 37.4 Å². The van der Waals surface area contributed by atoms with Gasteiger partial charge in [-0.25, -0.2) is 0 Å². The first kappa shape index (κ1) is 13.2. The van der Waals surface area contributed by atoms with E-state index in [4.69, 9.17) is 0 Å². The van der Waals surface area contributed by atoms with Gasteiger partial charge in [-0.3, -0.25) is 14.5 Å². The zero-order chi connectivity index (χ0) is 14.1. The maximum atomic E-state index is 12.5. The van der Waals surface area contributed by atoms with E-state index in [-0.39, 0.29) is 11.8 Å². The Kier molecular flexibility index (Phi) is 3.49. The van der Waals surface area contributed by atoms with Crippen LogP contribution in [0.25, 0.3) is 10.8 Å². The summed E-state index contributed by atoms with van der Waals surface area (Å²) in [4.78, 5) is 26.4. The molecular weight excluding hydrogens is 270 g/mol. The van der Waals surface area contributed by atoms with Crippen LogP contribution in [0.4, 0.5) is 0 Å². The number of hydrogen-bond donors (Lipinski definition) is 0. The molecule has 2 aromatic carbocycles. The third-order valence-electron chi connectivity index (χ3n) is 3.52. The van der Waals surface area contributed by atoms with Crippen molar-refractivity contribution in [2.75, 3.05) is 18.1 Å². The largest absolute Gasteiger partial charge is 0.274 e. The second-order valence-electron chi connectivity index (χ2n) is 4.67. The number of nitrogens with zero attached hydrogens (tertiary/aromatic N) is 1. The van der Waals surface area contributed by atoms with Crippen molar-refractivity contribution in [1.29, 1.82) is 0 Å². The summed E-state index contributed by atoms with van der Waals surface area (Å²) in [5, 5.41) is 1.74. The van der Waals surface area contributed by atoms with Gasteiger partial charge < -0.3 is 0 Å². The van der Waals surface area contributed by atoms with Gasteiger partial charge in [0.2, 0.25) is 0 Å². The molecule has 0 radical (unpaired) electrons. The van der Waals surface area contributed by atoms with E-state index >= 15 is 0 Å². The predicted octanol–water partition coefficient (Wildman–Crippen LogP) is 3.19. The lowest BCUT2D eigenvalue weighted by Crippen LogP contribution is -2.41. The van der Waals surface area contributed by atoms with Gasteiger partial charge in [0.15, 0.2) is 0 Å². The van der Waals surface area contributed by atoms with Gasteiger partial charge in [-0.05, 0) is 23.3 Å². The molecule has 1 aliphatic heterocycles. The lowest BCUT2D eigenvalue weighted by Gasteiger charge is -2.27. The van der Waals surface area contributed by atoms with Crippen molar-refractivity contribution in [2.24, 2.45) is 0 Å². The monoisotopic (exact) mass is 285 g/mol. The number of carbonyl (C=O) groups excluding carboxylic acids is 2. The standard InChI is InChI=1S/C16H15NO2S/c1-2-20-10-9-17-15(18)12-7-3-5-11-6-4-8-13(14(11)12)16(17)19/h3-8H,2,9-10H2,1H3. The normalized spacial score (nSPS) is 14.2. The average molecular weight is 285 g/mol. The Hall–Kier alpha value is -1.81. The second kappa shape index (κ2) is 5.29. The smallest absolute Gasteiger partial charge is 0.261 e. The Morgan fingerprint density at radius 2 is 1.60 bits per heavy atom. The van der Waals surface area contributed by atoms with Crippen molar-refractivity contribution in [3.63, 3.8) is 0 Å². The molecule has 3 nitrogen and oxygen atoms in total. The molecule has 0 aliphatic carbocycles. The van der Waals surface area contributed by atoms with Gasteiger partial charge in [0.25, 0.3) is 11.8 Å². The van der Waals surface area contributed by atoms with Crippen LogP contribution in [0.5, 0.6) is 0 Å². The minimum atomic E-state index is -0.170. The van der Waals surface area contributed by atoms with Crippen LogP contribution >= 0.6 is 11.8 Å². The first-order valence-corrected chi connectivity index (χ1v) is 7.85. The highest BCUT2D eigenvalue weighted by Gasteiger charge is 2.31. The summed E-state index contributed by atoms with van der Waals surface area (Å²) >= 11 is 1.73. The summed E-state index contributed by atoms with van der Waals surface area (Å²) in [6.07, 6.45) is 0. The van der Waals surface area contributed by atoms with Crippen LogP contribution in [0.15, 0.2) is 36.4 Å². The lowest BCUT2D eigenvalue weighted by atomic mass is 9.94. The molecule has 2 aromatic rings. The molecule has 102 valence electrons. The van der Waals surface area contributed by atoms with Crippen molar-refractivity contribution in [3.05, 3.63) is 47.5 Å². The molecule has 0 atom stereocenters. The summed E-state index contributed by atoms with van der Waals surface area (Å²) in [5.74, 6) is 1.43. The van der Waals surface area contributed by atoms with E-state index in [0.717, 1.165) is 22.3 Å². The van der Waals surface area contributed by atoms with Crippen LogP contribution in [0, 0.1) is 0 Å². The van der Waals surface area contributed by atoms with Gasteiger partial charge in [-0.15, -0.1) is 0 Å². The fourth-order valence-electron chi connectivity index (χ4n) is 2.58. The molecule has 1 aliphatic rings. The van der Waals surface area contributed by atoms with Gasteiger partial charge in [0, 0.05) is 28.8 Å². The van der Waals surface area contributed by atoms with Gasteiger partial charge in [-0.1, -0.05) is 31.2 Å². The summed E-state index contributed by atoms with van der Waals surface area (Å²) in [7, 11) is 0.